The minimum atomic E-state index is -0.431. The summed E-state index contributed by atoms with van der Waals surface area (Å²) < 4.78 is 0. The van der Waals surface area contributed by atoms with E-state index in [1.165, 1.54) is 17.7 Å². The highest BCUT2D eigenvalue weighted by molar-refractivity contribution is 5.94. The monoisotopic (exact) mass is 594 g/mol. The Morgan fingerprint density at radius 3 is 2.18 bits per heavy atom. The number of carbonyl (C=O) groups is 2. The van der Waals surface area contributed by atoms with Crippen molar-refractivity contribution in [3.05, 3.63) is 124 Å². The van der Waals surface area contributed by atoms with Gasteiger partial charge in [0, 0.05) is 63.0 Å². The number of nitrogens with zero attached hydrogens (tertiary/aromatic N) is 4. The van der Waals surface area contributed by atoms with Crippen LogP contribution < -0.4 is 0 Å². The first-order chi connectivity index (χ1) is 21.3. The second-order valence-electron chi connectivity index (χ2n) is 12.2. The molecular weight excluding hydrogens is 552 g/mol. The topological polar surface area (TPSA) is 87.0 Å². The molecule has 1 aliphatic heterocycles. The molecule has 2 fully saturated rings. The maximum absolute atomic E-state index is 13.3. The van der Waals surface area contributed by atoms with Crippen LogP contribution in [0.5, 0.6) is 0 Å². The maximum atomic E-state index is 13.3. The molecule has 3 aromatic rings. The molecule has 8 nitrogen and oxygen atoms in total. The summed E-state index contributed by atoms with van der Waals surface area (Å²) in [4.78, 5) is 43.6. The lowest BCUT2D eigenvalue weighted by Crippen LogP contribution is -2.48. The lowest BCUT2D eigenvalue weighted by Gasteiger charge is -2.39. The fourth-order valence-corrected chi connectivity index (χ4v) is 7.02. The average Bonchev–Trinajstić information content (AvgIpc) is 3.48. The summed E-state index contributed by atoms with van der Waals surface area (Å²) in [5.74, 6) is 0.902. The van der Waals surface area contributed by atoms with Gasteiger partial charge < -0.3 is 14.7 Å². The molecule has 8 heteroatoms. The Balaban J connectivity index is 1.21. The van der Waals surface area contributed by atoms with Gasteiger partial charge in [-0.1, -0.05) is 66.7 Å². The normalized spacial score (nSPS) is 20.6. The minimum Gasteiger partial charge on any atom is -0.339 e. The SMILES string of the molecule is C=CCN(C(=O)Cc1ccc([N+](=O)[O-])cc1)C1CCN(C[C@H]2CC(N(C)C(=O)c3ccccc3)C[C@@H]2c2ccccc2)CC1. The number of piperidine rings is 1. The molecule has 0 radical (unpaired) electrons. The first kappa shape index (κ1) is 31.1. The number of likely N-dealkylation sites (tertiary alicyclic amines) is 1. The number of benzene rings is 3. The zero-order chi connectivity index (χ0) is 31.1. The number of amides is 2. The Hall–Kier alpha value is -4.30. The van der Waals surface area contributed by atoms with E-state index in [4.69, 9.17) is 0 Å². The van der Waals surface area contributed by atoms with Crippen LogP contribution in [0.3, 0.4) is 0 Å². The number of hydrogen-bond donors (Lipinski definition) is 0. The number of nitro groups is 1. The zero-order valence-corrected chi connectivity index (χ0v) is 25.5. The van der Waals surface area contributed by atoms with Crippen molar-refractivity contribution in [2.75, 3.05) is 33.2 Å². The van der Waals surface area contributed by atoms with Gasteiger partial charge in [-0.25, -0.2) is 0 Å². The summed E-state index contributed by atoms with van der Waals surface area (Å²) in [5.41, 5.74) is 2.85. The summed E-state index contributed by atoms with van der Waals surface area (Å²) in [6.07, 6.45) is 5.67. The molecule has 3 aromatic carbocycles. The van der Waals surface area contributed by atoms with E-state index < -0.39 is 4.92 Å². The molecule has 0 spiro atoms. The largest absolute Gasteiger partial charge is 0.339 e. The third kappa shape index (κ3) is 7.42. The molecule has 1 saturated carbocycles. The lowest BCUT2D eigenvalue weighted by molar-refractivity contribution is -0.384. The molecule has 5 rings (SSSR count). The van der Waals surface area contributed by atoms with E-state index in [1.54, 1.807) is 18.2 Å². The second kappa shape index (κ2) is 14.4. The van der Waals surface area contributed by atoms with Crippen LogP contribution in [-0.4, -0.2) is 76.7 Å². The fourth-order valence-electron chi connectivity index (χ4n) is 7.02. The summed E-state index contributed by atoms with van der Waals surface area (Å²) in [6.45, 7) is 7.15. The highest BCUT2D eigenvalue weighted by Gasteiger charge is 2.40. The smallest absolute Gasteiger partial charge is 0.269 e. The Morgan fingerprint density at radius 1 is 0.932 bits per heavy atom. The van der Waals surface area contributed by atoms with Crippen LogP contribution in [-0.2, 0) is 11.2 Å². The molecule has 0 aromatic heterocycles. The first-order valence-electron chi connectivity index (χ1n) is 15.6. The van der Waals surface area contributed by atoms with E-state index in [-0.39, 0.29) is 36.0 Å². The van der Waals surface area contributed by atoms with Gasteiger partial charge >= 0.3 is 0 Å². The number of rotatable bonds is 11. The van der Waals surface area contributed by atoms with Crippen molar-refractivity contribution >= 4 is 17.5 Å². The summed E-state index contributed by atoms with van der Waals surface area (Å²) in [5, 5.41) is 11.0. The van der Waals surface area contributed by atoms with Crippen molar-refractivity contribution in [3.63, 3.8) is 0 Å². The quantitative estimate of drug-likeness (QED) is 0.156. The van der Waals surface area contributed by atoms with Gasteiger partial charge in [-0.3, -0.25) is 19.7 Å². The number of hydrogen-bond acceptors (Lipinski definition) is 5. The molecule has 3 atom stereocenters. The van der Waals surface area contributed by atoms with E-state index >= 15 is 0 Å². The Kier molecular flexibility index (Phi) is 10.2. The highest BCUT2D eigenvalue weighted by atomic mass is 16.6. The molecule has 2 aliphatic rings. The predicted molar refractivity (Wildman–Crippen MR) is 172 cm³/mol. The zero-order valence-electron chi connectivity index (χ0n) is 25.5. The van der Waals surface area contributed by atoms with Gasteiger partial charge in [-0.05, 0) is 60.8 Å². The molecule has 0 bridgehead atoms. The van der Waals surface area contributed by atoms with E-state index in [2.05, 4.69) is 41.8 Å². The van der Waals surface area contributed by atoms with Crippen LogP contribution in [0.15, 0.2) is 97.6 Å². The predicted octanol–water partition coefficient (Wildman–Crippen LogP) is 5.95. The minimum absolute atomic E-state index is 0.0195. The molecule has 2 amide bonds. The van der Waals surface area contributed by atoms with Crippen molar-refractivity contribution in [1.82, 2.24) is 14.7 Å². The molecular formula is C36H42N4O4. The summed E-state index contributed by atoms with van der Waals surface area (Å²) >= 11 is 0. The van der Waals surface area contributed by atoms with Crippen molar-refractivity contribution in [2.24, 2.45) is 5.92 Å². The molecule has 230 valence electrons. The second-order valence-corrected chi connectivity index (χ2v) is 12.2. The van der Waals surface area contributed by atoms with E-state index in [9.17, 15) is 19.7 Å². The van der Waals surface area contributed by atoms with Crippen molar-refractivity contribution < 1.29 is 14.5 Å². The first-order valence-corrected chi connectivity index (χ1v) is 15.6. The van der Waals surface area contributed by atoms with E-state index in [0.717, 1.165) is 56.4 Å². The number of nitro benzene ring substituents is 1. The lowest BCUT2D eigenvalue weighted by atomic mass is 9.88. The third-order valence-corrected chi connectivity index (χ3v) is 9.43. The van der Waals surface area contributed by atoms with Crippen molar-refractivity contribution in [1.29, 1.82) is 0 Å². The Labute approximate surface area is 260 Å². The standard InChI is InChI=1S/C36H42N4O4/c1-3-20-39(35(41)23-27-14-16-32(17-15-27)40(43)44)31-18-21-38(22-19-31)26-30-24-33(25-34(30)28-10-6-4-7-11-28)37(2)36(42)29-12-8-5-9-13-29/h3-17,30-31,33-34H,1,18-26H2,2H3/t30-,33?,34-/m1/s1. The van der Waals surface area contributed by atoms with Crippen molar-refractivity contribution in [3.8, 4) is 0 Å². The number of carbonyl (C=O) groups excluding carboxylic acids is 2. The fraction of sp³-hybridized carbons (Fsp3) is 0.389. The number of non-ortho nitro benzene ring substituents is 1. The van der Waals surface area contributed by atoms with Gasteiger partial charge in [-0.2, -0.15) is 0 Å². The van der Waals surface area contributed by atoms with Gasteiger partial charge in [0.15, 0.2) is 0 Å². The van der Waals surface area contributed by atoms with Crippen LogP contribution in [0.25, 0.3) is 0 Å². The van der Waals surface area contributed by atoms with Gasteiger partial charge in [0.2, 0.25) is 5.91 Å². The molecule has 1 unspecified atom stereocenters. The molecule has 1 aliphatic carbocycles. The van der Waals surface area contributed by atoms with Gasteiger partial charge in [0.25, 0.3) is 11.6 Å². The van der Waals surface area contributed by atoms with Crippen LogP contribution in [0.2, 0.25) is 0 Å². The molecule has 44 heavy (non-hydrogen) atoms. The Morgan fingerprint density at radius 2 is 1.57 bits per heavy atom. The van der Waals surface area contributed by atoms with Gasteiger partial charge in [0.05, 0.1) is 11.3 Å². The van der Waals surface area contributed by atoms with E-state index in [1.807, 2.05) is 47.2 Å². The Bertz CT molecular complexity index is 1420. The molecule has 0 N–H and O–H groups in total. The van der Waals surface area contributed by atoms with Crippen LogP contribution in [0.4, 0.5) is 5.69 Å². The average molecular weight is 595 g/mol. The maximum Gasteiger partial charge on any atom is 0.269 e. The molecule has 1 heterocycles. The third-order valence-electron chi connectivity index (χ3n) is 9.43. The highest BCUT2D eigenvalue weighted by Crippen LogP contribution is 2.42. The van der Waals surface area contributed by atoms with Crippen molar-refractivity contribution in [2.45, 2.75) is 50.1 Å². The van der Waals surface area contributed by atoms with Crippen LogP contribution in [0.1, 0.15) is 53.1 Å². The molecule has 1 saturated heterocycles. The summed E-state index contributed by atoms with van der Waals surface area (Å²) in [7, 11) is 1.94. The van der Waals surface area contributed by atoms with Gasteiger partial charge in [0.1, 0.15) is 0 Å². The summed E-state index contributed by atoms with van der Waals surface area (Å²) in [6, 6.07) is 26.7. The van der Waals surface area contributed by atoms with Crippen LogP contribution >= 0.6 is 0 Å². The van der Waals surface area contributed by atoms with Gasteiger partial charge in [-0.15, -0.1) is 6.58 Å². The van der Waals surface area contributed by atoms with E-state index in [0.29, 0.717) is 18.4 Å². The van der Waals surface area contributed by atoms with Crippen LogP contribution in [0, 0.1) is 16.0 Å².